The van der Waals surface area contributed by atoms with E-state index in [-0.39, 0.29) is 0 Å². The van der Waals surface area contributed by atoms with Crippen molar-refractivity contribution in [1.82, 2.24) is 19.9 Å². The van der Waals surface area contributed by atoms with Crippen molar-refractivity contribution in [2.45, 2.75) is 0 Å². The third-order valence-corrected chi connectivity index (χ3v) is 5.99. The van der Waals surface area contributed by atoms with Crippen LogP contribution in [0.4, 0.5) is 0 Å². The van der Waals surface area contributed by atoms with Crippen LogP contribution in [0.15, 0.2) is 134 Å². The van der Waals surface area contributed by atoms with Crippen molar-refractivity contribution in [3.63, 3.8) is 0 Å². The molecule has 4 nitrogen and oxygen atoms in total. The number of rotatable bonds is 5. The summed E-state index contributed by atoms with van der Waals surface area (Å²) in [5, 5.41) is 0. The SMILES string of the molecule is c1ccc(-c2cccc(-c3ccc(-c4nc(-c5ccccc5)nc(-c5ccccc5)n4)cn3)c2)cc1. The largest absolute Gasteiger partial charge is 0.255 e. The number of nitrogens with zero attached hydrogens (tertiary/aromatic N) is 4. The minimum absolute atomic E-state index is 0.597. The molecule has 36 heavy (non-hydrogen) atoms. The number of hydrogen-bond donors (Lipinski definition) is 0. The summed E-state index contributed by atoms with van der Waals surface area (Å²) in [5.74, 6) is 1.87. The van der Waals surface area contributed by atoms with Crippen molar-refractivity contribution in [2.75, 3.05) is 0 Å². The molecule has 0 bridgehead atoms. The third kappa shape index (κ3) is 4.52. The number of benzene rings is 4. The molecule has 0 N–H and O–H groups in total. The summed E-state index contributed by atoms with van der Waals surface area (Å²) in [6, 6.07) is 42.8. The van der Waals surface area contributed by atoms with Gasteiger partial charge in [-0.05, 0) is 29.3 Å². The summed E-state index contributed by atoms with van der Waals surface area (Å²) in [6.45, 7) is 0. The van der Waals surface area contributed by atoms with E-state index in [0.717, 1.165) is 33.5 Å². The van der Waals surface area contributed by atoms with Gasteiger partial charge in [0.05, 0.1) is 5.69 Å². The van der Waals surface area contributed by atoms with Gasteiger partial charge >= 0.3 is 0 Å². The van der Waals surface area contributed by atoms with E-state index in [4.69, 9.17) is 19.9 Å². The van der Waals surface area contributed by atoms with Crippen LogP contribution in [0.25, 0.3) is 56.5 Å². The average molecular weight is 463 g/mol. The first-order valence-corrected chi connectivity index (χ1v) is 11.8. The Morgan fingerprint density at radius 2 is 0.806 bits per heavy atom. The fraction of sp³-hybridized carbons (Fsp3) is 0. The second-order valence-electron chi connectivity index (χ2n) is 8.42. The molecule has 0 aliphatic heterocycles. The molecule has 6 rings (SSSR count). The van der Waals surface area contributed by atoms with E-state index in [1.54, 1.807) is 0 Å². The summed E-state index contributed by atoms with van der Waals surface area (Å²) < 4.78 is 0. The zero-order valence-corrected chi connectivity index (χ0v) is 19.5. The van der Waals surface area contributed by atoms with Crippen molar-refractivity contribution in [2.24, 2.45) is 0 Å². The maximum absolute atomic E-state index is 4.79. The second-order valence-corrected chi connectivity index (χ2v) is 8.42. The molecule has 0 aliphatic rings. The number of hydrogen-bond acceptors (Lipinski definition) is 4. The molecule has 0 aliphatic carbocycles. The molecular formula is C32H22N4. The number of pyridine rings is 1. The van der Waals surface area contributed by atoms with Gasteiger partial charge in [0.25, 0.3) is 0 Å². The first-order valence-electron chi connectivity index (χ1n) is 11.8. The van der Waals surface area contributed by atoms with Crippen LogP contribution in [0.3, 0.4) is 0 Å². The smallest absolute Gasteiger partial charge is 0.165 e. The van der Waals surface area contributed by atoms with Crippen LogP contribution in [0.5, 0.6) is 0 Å². The topological polar surface area (TPSA) is 51.6 Å². The second kappa shape index (κ2) is 9.72. The molecule has 0 fully saturated rings. The zero-order chi connectivity index (χ0) is 24.2. The molecule has 0 radical (unpaired) electrons. The van der Waals surface area contributed by atoms with Crippen LogP contribution < -0.4 is 0 Å². The van der Waals surface area contributed by atoms with Crippen molar-refractivity contribution >= 4 is 0 Å². The average Bonchev–Trinajstić information content (AvgIpc) is 2.98. The van der Waals surface area contributed by atoms with Gasteiger partial charge in [0.2, 0.25) is 0 Å². The fourth-order valence-electron chi connectivity index (χ4n) is 4.12. The lowest BCUT2D eigenvalue weighted by Crippen LogP contribution is -2.00. The number of aromatic nitrogens is 4. The van der Waals surface area contributed by atoms with Gasteiger partial charge in [-0.1, -0.05) is 109 Å². The molecule has 0 unspecified atom stereocenters. The van der Waals surface area contributed by atoms with Crippen molar-refractivity contribution in [3.05, 3.63) is 134 Å². The Balaban J connectivity index is 1.38. The van der Waals surface area contributed by atoms with Gasteiger partial charge in [-0.2, -0.15) is 0 Å². The lowest BCUT2D eigenvalue weighted by molar-refractivity contribution is 1.07. The van der Waals surface area contributed by atoms with Gasteiger partial charge < -0.3 is 0 Å². The fourth-order valence-corrected chi connectivity index (χ4v) is 4.12. The van der Waals surface area contributed by atoms with Crippen molar-refractivity contribution in [3.8, 4) is 56.5 Å². The highest BCUT2D eigenvalue weighted by Crippen LogP contribution is 2.28. The van der Waals surface area contributed by atoms with Gasteiger partial charge in [0.15, 0.2) is 17.5 Å². The van der Waals surface area contributed by atoms with Crippen molar-refractivity contribution in [1.29, 1.82) is 0 Å². The summed E-state index contributed by atoms with van der Waals surface area (Å²) >= 11 is 0. The molecule has 2 aromatic heterocycles. The summed E-state index contributed by atoms with van der Waals surface area (Å²) in [5.41, 5.74) is 7.04. The first kappa shape index (κ1) is 21.6. The molecule has 170 valence electrons. The Kier molecular flexibility index (Phi) is 5.83. The predicted octanol–water partition coefficient (Wildman–Crippen LogP) is 7.60. The monoisotopic (exact) mass is 462 g/mol. The molecule has 4 heteroatoms. The van der Waals surface area contributed by atoms with Crippen LogP contribution in [0.2, 0.25) is 0 Å². The van der Waals surface area contributed by atoms with E-state index in [1.807, 2.05) is 85.1 Å². The predicted molar refractivity (Wildman–Crippen MR) is 145 cm³/mol. The summed E-state index contributed by atoms with van der Waals surface area (Å²) in [7, 11) is 0. The van der Waals surface area contributed by atoms with E-state index >= 15 is 0 Å². The highest BCUT2D eigenvalue weighted by atomic mass is 15.0. The maximum atomic E-state index is 4.79. The van der Waals surface area contributed by atoms with Crippen LogP contribution >= 0.6 is 0 Å². The third-order valence-electron chi connectivity index (χ3n) is 5.99. The van der Waals surface area contributed by atoms with Gasteiger partial charge in [0.1, 0.15) is 0 Å². The molecule has 0 saturated carbocycles. The zero-order valence-electron chi connectivity index (χ0n) is 19.5. The quantitative estimate of drug-likeness (QED) is 0.265. The molecule has 0 spiro atoms. The summed E-state index contributed by atoms with van der Waals surface area (Å²) in [6.07, 6.45) is 1.84. The van der Waals surface area contributed by atoms with Gasteiger partial charge in [0, 0.05) is 28.5 Å². The molecule has 2 heterocycles. The first-order chi connectivity index (χ1) is 17.8. The Morgan fingerprint density at radius 3 is 1.33 bits per heavy atom. The van der Waals surface area contributed by atoms with Gasteiger partial charge in [-0.25, -0.2) is 15.0 Å². The highest BCUT2D eigenvalue weighted by molar-refractivity contribution is 5.72. The Labute approximate surface area is 210 Å². The normalized spacial score (nSPS) is 10.8. The molecule has 0 amide bonds. The van der Waals surface area contributed by atoms with E-state index < -0.39 is 0 Å². The highest BCUT2D eigenvalue weighted by Gasteiger charge is 2.12. The summed E-state index contributed by atoms with van der Waals surface area (Å²) in [4.78, 5) is 19.1. The molecule has 0 saturated heterocycles. The lowest BCUT2D eigenvalue weighted by Gasteiger charge is -2.09. The minimum Gasteiger partial charge on any atom is -0.255 e. The lowest BCUT2D eigenvalue weighted by atomic mass is 10.0. The van der Waals surface area contributed by atoms with E-state index in [1.165, 1.54) is 5.56 Å². The van der Waals surface area contributed by atoms with Crippen LogP contribution in [0, 0.1) is 0 Å². The van der Waals surface area contributed by atoms with Gasteiger partial charge in [-0.15, -0.1) is 0 Å². The molecule has 0 atom stereocenters. The standard InChI is InChI=1S/C32H22N4/c1-4-11-23(12-5-1)26-17-10-18-27(21-26)29-20-19-28(22-33-29)32-35-30(24-13-6-2-7-14-24)34-31(36-32)25-15-8-3-9-16-25/h1-22H. The maximum Gasteiger partial charge on any atom is 0.165 e. The Morgan fingerprint density at radius 1 is 0.333 bits per heavy atom. The van der Waals surface area contributed by atoms with E-state index in [9.17, 15) is 0 Å². The molecule has 4 aromatic carbocycles. The van der Waals surface area contributed by atoms with Crippen LogP contribution in [0.1, 0.15) is 0 Å². The van der Waals surface area contributed by atoms with E-state index in [2.05, 4.69) is 48.5 Å². The minimum atomic E-state index is 0.597. The Hall–Kier alpha value is -4.96. The van der Waals surface area contributed by atoms with Crippen LogP contribution in [-0.2, 0) is 0 Å². The van der Waals surface area contributed by atoms with Crippen LogP contribution in [-0.4, -0.2) is 19.9 Å². The Bertz CT molecular complexity index is 1540. The molecule has 6 aromatic rings. The van der Waals surface area contributed by atoms with Gasteiger partial charge in [-0.3, -0.25) is 4.98 Å². The van der Waals surface area contributed by atoms with Crippen molar-refractivity contribution < 1.29 is 0 Å². The molecular weight excluding hydrogens is 440 g/mol. The van der Waals surface area contributed by atoms with E-state index in [0.29, 0.717) is 17.5 Å².